The average Bonchev–Trinajstić information content (AvgIpc) is 3.03. The Hall–Kier alpha value is -3.19. The number of hydrogen-bond donors (Lipinski definition) is 1. The van der Waals surface area contributed by atoms with Crippen LogP contribution in [0.5, 0.6) is 5.75 Å². The summed E-state index contributed by atoms with van der Waals surface area (Å²) in [6.07, 6.45) is 0. The topological polar surface area (TPSA) is 73.1 Å². The van der Waals surface area contributed by atoms with Crippen molar-refractivity contribution in [1.29, 1.82) is 0 Å². The molecule has 0 fully saturated rings. The predicted octanol–water partition coefficient (Wildman–Crippen LogP) is 4.23. The van der Waals surface area contributed by atoms with Gasteiger partial charge in [0.1, 0.15) is 17.9 Å². The Bertz CT molecular complexity index is 1240. The lowest BCUT2D eigenvalue weighted by Crippen LogP contribution is -2.07. The number of nitrogens with zero attached hydrogens (tertiary/aromatic N) is 2. The molecule has 0 bridgehead atoms. The Balaban J connectivity index is 1.69. The van der Waals surface area contributed by atoms with Gasteiger partial charge in [0.2, 0.25) is 0 Å². The summed E-state index contributed by atoms with van der Waals surface area (Å²) in [6, 6.07) is 15.0. The van der Waals surface area contributed by atoms with Crippen molar-refractivity contribution in [2.45, 2.75) is 20.5 Å². The van der Waals surface area contributed by atoms with Gasteiger partial charge < -0.3 is 9.15 Å². The maximum absolute atomic E-state index is 11.7. The molecule has 0 aliphatic heterocycles. The van der Waals surface area contributed by atoms with E-state index in [4.69, 9.17) is 21.4 Å². The highest BCUT2D eigenvalue weighted by Crippen LogP contribution is 2.28. The van der Waals surface area contributed by atoms with Crippen LogP contribution in [0.3, 0.4) is 0 Å². The van der Waals surface area contributed by atoms with Crippen LogP contribution in [0.15, 0.2) is 57.7 Å². The van der Waals surface area contributed by atoms with Crippen LogP contribution in [0.1, 0.15) is 17.0 Å². The number of rotatable bonds is 4. The minimum absolute atomic E-state index is 0.213. The lowest BCUT2D eigenvalue weighted by atomic mass is 10.1. The minimum atomic E-state index is -0.370. The summed E-state index contributed by atoms with van der Waals surface area (Å²) in [7, 11) is 0. The molecule has 136 valence electrons. The van der Waals surface area contributed by atoms with E-state index in [0.29, 0.717) is 21.9 Å². The molecule has 2 heterocycles. The molecule has 4 rings (SSSR count). The molecular weight excluding hydrogens is 362 g/mol. The Morgan fingerprint density at radius 3 is 2.74 bits per heavy atom. The number of aryl methyl sites for hydroxylation is 2. The number of benzene rings is 2. The Morgan fingerprint density at radius 2 is 1.96 bits per heavy atom. The Kier molecular flexibility index (Phi) is 4.37. The summed E-state index contributed by atoms with van der Waals surface area (Å²) in [5.41, 5.74) is 2.73. The molecule has 0 spiro atoms. The van der Waals surface area contributed by atoms with Crippen LogP contribution >= 0.6 is 12.2 Å². The first-order valence-corrected chi connectivity index (χ1v) is 8.84. The number of para-hydroxylation sites is 1. The molecule has 0 saturated heterocycles. The number of fused-ring (bicyclic) bond motifs is 1. The largest absolute Gasteiger partial charge is 0.485 e. The van der Waals surface area contributed by atoms with Gasteiger partial charge >= 0.3 is 5.63 Å². The van der Waals surface area contributed by atoms with Crippen molar-refractivity contribution >= 4 is 23.2 Å². The number of ether oxygens (including phenoxy) is 1. The molecule has 0 saturated carbocycles. The van der Waals surface area contributed by atoms with Gasteiger partial charge in [-0.1, -0.05) is 18.2 Å². The molecule has 0 radical (unpaired) electrons. The average molecular weight is 379 g/mol. The van der Waals surface area contributed by atoms with E-state index in [1.807, 2.05) is 60.9 Å². The van der Waals surface area contributed by atoms with Gasteiger partial charge in [-0.05, 0) is 55.9 Å². The second kappa shape index (κ2) is 6.85. The van der Waals surface area contributed by atoms with Gasteiger partial charge in [0, 0.05) is 22.7 Å². The van der Waals surface area contributed by atoms with Gasteiger partial charge in [0.15, 0.2) is 10.6 Å². The maximum Gasteiger partial charge on any atom is 0.336 e. The SMILES string of the molecule is Cc1cc(=O)oc2c(C)c(OCc3n[nH]c(=S)n3-c3ccccc3)ccc12. The number of aromatic amines is 1. The van der Waals surface area contributed by atoms with Crippen molar-refractivity contribution < 1.29 is 9.15 Å². The third-order valence-corrected chi connectivity index (χ3v) is 4.70. The Labute approximate surface area is 160 Å². The van der Waals surface area contributed by atoms with Crippen LogP contribution in [-0.2, 0) is 6.61 Å². The monoisotopic (exact) mass is 379 g/mol. The maximum atomic E-state index is 11.7. The lowest BCUT2D eigenvalue weighted by molar-refractivity contribution is 0.291. The van der Waals surface area contributed by atoms with Gasteiger partial charge in [0.25, 0.3) is 0 Å². The van der Waals surface area contributed by atoms with E-state index >= 15 is 0 Å². The van der Waals surface area contributed by atoms with E-state index in [2.05, 4.69) is 10.2 Å². The van der Waals surface area contributed by atoms with E-state index in [9.17, 15) is 4.79 Å². The van der Waals surface area contributed by atoms with Crippen LogP contribution in [0.25, 0.3) is 16.7 Å². The van der Waals surface area contributed by atoms with Crippen molar-refractivity contribution in [3.05, 3.63) is 80.7 Å². The fourth-order valence-corrected chi connectivity index (χ4v) is 3.33. The predicted molar refractivity (Wildman–Crippen MR) is 105 cm³/mol. The summed E-state index contributed by atoms with van der Waals surface area (Å²) in [4.78, 5) is 11.7. The zero-order valence-electron chi connectivity index (χ0n) is 14.9. The van der Waals surface area contributed by atoms with E-state index in [-0.39, 0.29) is 12.2 Å². The fraction of sp³-hybridized carbons (Fsp3) is 0.150. The normalized spacial score (nSPS) is 11.0. The van der Waals surface area contributed by atoms with E-state index in [0.717, 1.165) is 22.2 Å². The quantitative estimate of drug-likeness (QED) is 0.424. The van der Waals surface area contributed by atoms with E-state index in [1.54, 1.807) is 0 Å². The third kappa shape index (κ3) is 3.17. The van der Waals surface area contributed by atoms with Crippen LogP contribution in [-0.4, -0.2) is 14.8 Å². The number of aromatic nitrogens is 3. The van der Waals surface area contributed by atoms with Gasteiger partial charge in [-0.3, -0.25) is 9.67 Å². The first kappa shape index (κ1) is 17.2. The molecule has 0 amide bonds. The number of hydrogen-bond acceptors (Lipinski definition) is 5. The zero-order chi connectivity index (χ0) is 19.0. The molecule has 6 nitrogen and oxygen atoms in total. The molecule has 0 unspecified atom stereocenters. The molecule has 0 aliphatic carbocycles. The molecule has 0 atom stereocenters. The lowest BCUT2D eigenvalue weighted by Gasteiger charge is -2.12. The first-order chi connectivity index (χ1) is 13.0. The molecule has 4 aromatic rings. The van der Waals surface area contributed by atoms with Crippen molar-refractivity contribution in [2.24, 2.45) is 0 Å². The molecule has 0 aliphatic rings. The highest BCUT2D eigenvalue weighted by Gasteiger charge is 2.13. The van der Waals surface area contributed by atoms with Crippen molar-refractivity contribution in [3.8, 4) is 11.4 Å². The standard InChI is InChI=1S/C20H17N3O3S/c1-12-10-18(24)26-19-13(2)16(9-8-15(12)19)25-11-17-21-22-20(27)23(17)14-6-4-3-5-7-14/h3-10H,11H2,1-2H3,(H,22,27). The molecule has 2 aromatic carbocycles. The molecule has 7 heteroatoms. The summed E-state index contributed by atoms with van der Waals surface area (Å²) in [5, 5.41) is 7.98. The van der Waals surface area contributed by atoms with Crippen LogP contribution in [0.4, 0.5) is 0 Å². The number of H-pyrrole nitrogens is 1. The van der Waals surface area contributed by atoms with Crippen molar-refractivity contribution in [2.75, 3.05) is 0 Å². The van der Waals surface area contributed by atoms with Crippen LogP contribution in [0, 0.1) is 18.6 Å². The minimum Gasteiger partial charge on any atom is -0.485 e. The third-order valence-electron chi connectivity index (χ3n) is 4.43. The number of nitrogens with one attached hydrogen (secondary N) is 1. The van der Waals surface area contributed by atoms with Gasteiger partial charge in [-0.15, -0.1) is 0 Å². The zero-order valence-corrected chi connectivity index (χ0v) is 15.7. The van der Waals surface area contributed by atoms with Gasteiger partial charge in [0.05, 0.1) is 0 Å². The van der Waals surface area contributed by atoms with Crippen LogP contribution < -0.4 is 10.4 Å². The second-order valence-electron chi connectivity index (χ2n) is 6.22. The summed E-state index contributed by atoms with van der Waals surface area (Å²) >= 11 is 5.34. The summed E-state index contributed by atoms with van der Waals surface area (Å²) in [6.45, 7) is 3.97. The first-order valence-electron chi connectivity index (χ1n) is 8.43. The fourth-order valence-electron chi connectivity index (χ4n) is 3.07. The molecule has 27 heavy (non-hydrogen) atoms. The van der Waals surface area contributed by atoms with E-state index in [1.165, 1.54) is 6.07 Å². The smallest absolute Gasteiger partial charge is 0.336 e. The molecular formula is C20H17N3O3S. The summed E-state index contributed by atoms with van der Waals surface area (Å²) < 4.78 is 13.7. The van der Waals surface area contributed by atoms with Crippen molar-refractivity contribution in [1.82, 2.24) is 14.8 Å². The Morgan fingerprint density at radius 1 is 1.19 bits per heavy atom. The summed E-state index contributed by atoms with van der Waals surface area (Å²) in [5.74, 6) is 1.28. The highest BCUT2D eigenvalue weighted by atomic mass is 32.1. The van der Waals surface area contributed by atoms with Crippen molar-refractivity contribution in [3.63, 3.8) is 0 Å². The van der Waals surface area contributed by atoms with Gasteiger partial charge in [-0.25, -0.2) is 4.79 Å². The molecule has 2 aromatic heterocycles. The van der Waals surface area contributed by atoms with Gasteiger partial charge in [-0.2, -0.15) is 5.10 Å². The second-order valence-corrected chi connectivity index (χ2v) is 6.61. The van der Waals surface area contributed by atoms with Crippen LogP contribution in [0.2, 0.25) is 0 Å². The highest BCUT2D eigenvalue weighted by molar-refractivity contribution is 7.71. The van der Waals surface area contributed by atoms with E-state index < -0.39 is 0 Å². The molecule has 1 N–H and O–H groups in total.